The van der Waals surface area contributed by atoms with E-state index in [4.69, 9.17) is 9.97 Å². The van der Waals surface area contributed by atoms with Gasteiger partial charge in [-0.3, -0.25) is 0 Å². The van der Waals surface area contributed by atoms with Crippen LogP contribution in [0.5, 0.6) is 0 Å². The van der Waals surface area contributed by atoms with Crippen molar-refractivity contribution < 1.29 is 0 Å². The van der Waals surface area contributed by atoms with E-state index in [1.165, 1.54) is 0 Å². The van der Waals surface area contributed by atoms with Crippen LogP contribution < -0.4 is 0 Å². The summed E-state index contributed by atoms with van der Waals surface area (Å²) < 4.78 is 1.02. The largest absolute Gasteiger partial charge is 0.228 e. The molecule has 122 valence electrons. The highest BCUT2D eigenvalue weighted by atomic mass is 79.9. The summed E-state index contributed by atoms with van der Waals surface area (Å²) >= 11 is 3.46. The second-order valence-corrected chi connectivity index (χ2v) is 6.31. The number of rotatable bonds is 5. The van der Waals surface area contributed by atoms with E-state index in [-0.39, 0.29) is 0 Å². The van der Waals surface area contributed by atoms with Crippen LogP contribution in [0.15, 0.2) is 96.5 Å². The molecule has 2 nitrogen and oxygen atoms in total. The summed E-state index contributed by atoms with van der Waals surface area (Å²) in [6, 6.07) is 20.1. The highest BCUT2D eigenvalue weighted by Crippen LogP contribution is 2.26. The maximum absolute atomic E-state index is 4.77. The van der Waals surface area contributed by atoms with Gasteiger partial charge >= 0.3 is 0 Å². The lowest BCUT2D eigenvalue weighted by atomic mass is 10.1. The Hall–Kier alpha value is -2.78. The molecule has 1 aromatic heterocycles. The number of benzene rings is 2. The van der Waals surface area contributed by atoms with Gasteiger partial charge in [-0.1, -0.05) is 89.8 Å². The molecule has 0 aliphatic rings. The Morgan fingerprint density at radius 1 is 0.880 bits per heavy atom. The van der Waals surface area contributed by atoms with Crippen molar-refractivity contribution in [3.8, 4) is 22.6 Å². The third-order valence-corrected chi connectivity index (χ3v) is 4.24. The molecule has 0 aliphatic heterocycles. The summed E-state index contributed by atoms with van der Waals surface area (Å²) in [5.41, 5.74) is 4.62. The highest BCUT2D eigenvalue weighted by molar-refractivity contribution is 9.10. The van der Waals surface area contributed by atoms with Crippen molar-refractivity contribution in [1.82, 2.24) is 9.97 Å². The molecular weight excluding hydrogens is 372 g/mol. The van der Waals surface area contributed by atoms with Crippen molar-refractivity contribution >= 4 is 21.5 Å². The van der Waals surface area contributed by atoms with Crippen LogP contribution in [-0.4, -0.2) is 9.97 Å². The van der Waals surface area contributed by atoms with Crippen LogP contribution in [0.4, 0.5) is 0 Å². The number of hydrogen-bond donors (Lipinski definition) is 0. The third kappa shape index (κ3) is 4.01. The Labute approximate surface area is 156 Å². The van der Waals surface area contributed by atoms with Crippen LogP contribution in [-0.2, 0) is 0 Å². The zero-order chi connectivity index (χ0) is 17.6. The quantitative estimate of drug-likeness (QED) is 0.477. The maximum atomic E-state index is 4.77. The molecule has 0 atom stereocenters. The average molecular weight is 389 g/mol. The minimum atomic E-state index is 0.681. The third-order valence-electron chi connectivity index (χ3n) is 3.71. The van der Waals surface area contributed by atoms with Gasteiger partial charge in [-0.25, -0.2) is 9.97 Å². The fourth-order valence-electron chi connectivity index (χ4n) is 2.46. The summed E-state index contributed by atoms with van der Waals surface area (Å²) in [5, 5.41) is 0. The minimum Gasteiger partial charge on any atom is -0.228 e. The van der Waals surface area contributed by atoms with Gasteiger partial charge in [0.05, 0.1) is 11.4 Å². The zero-order valence-electron chi connectivity index (χ0n) is 13.7. The Morgan fingerprint density at radius 3 is 2.24 bits per heavy atom. The average Bonchev–Trinajstić information content (AvgIpc) is 2.67. The Bertz CT molecular complexity index is 926. The van der Waals surface area contributed by atoms with Crippen LogP contribution in [0, 0.1) is 0 Å². The van der Waals surface area contributed by atoms with Crippen molar-refractivity contribution in [3.05, 3.63) is 102 Å². The first-order chi connectivity index (χ1) is 12.2. The van der Waals surface area contributed by atoms with Crippen LogP contribution in [0.3, 0.4) is 0 Å². The summed E-state index contributed by atoms with van der Waals surface area (Å²) in [6.07, 6.45) is 5.42. The normalized spacial score (nSPS) is 11.2. The van der Waals surface area contributed by atoms with Crippen LogP contribution in [0.25, 0.3) is 28.2 Å². The smallest absolute Gasteiger partial charge is 0.160 e. The molecule has 2 aromatic carbocycles. The number of hydrogen-bond acceptors (Lipinski definition) is 2. The molecular formula is C22H17BrN2. The molecule has 3 heteroatoms. The zero-order valence-corrected chi connectivity index (χ0v) is 15.3. The number of allylic oxidation sites excluding steroid dienone is 4. The van der Waals surface area contributed by atoms with Gasteiger partial charge < -0.3 is 0 Å². The number of nitrogens with zero attached hydrogens (tertiary/aromatic N) is 2. The number of halogens is 1. The van der Waals surface area contributed by atoms with E-state index in [1.807, 2.05) is 66.7 Å². The minimum absolute atomic E-state index is 0.681. The molecule has 0 bridgehead atoms. The maximum Gasteiger partial charge on any atom is 0.160 e. The Balaban J connectivity index is 2.21. The molecule has 1 heterocycles. The fraction of sp³-hybridized carbons (Fsp3) is 0. The standard InChI is InChI=1S/C22H17BrN2/c1-3-8-16(4-2)20-15-21(17-9-6-5-7-10-17)25-22(24-20)18-11-13-19(23)14-12-18/h3-15H,1-2H2/b16-8+. The first-order valence-electron chi connectivity index (χ1n) is 7.87. The molecule has 25 heavy (non-hydrogen) atoms. The molecule has 0 saturated carbocycles. The molecule has 0 radical (unpaired) electrons. The van der Waals surface area contributed by atoms with Crippen molar-refractivity contribution in [2.75, 3.05) is 0 Å². The van der Waals surface area contributed by atoms with Gasteiger partial charge in [0.2, 0.25) is 0 Å². The first-order valence-corrected chi connectivity index (χ1v) is 8.66. The molecule has 0 spiro atoms. The van der Waals surface area contributed by atoms with E-state index >= 15 is 0 Å². The van der Waals surface area contributed by atoms with Gasteiger partial charge in [-0.15, -0.1) is 0 Å². The van der Waals surface area contributed by atoms with Crippen molar-refractivity contribution in [1.29, 1.82) is 0 Å². The summed E-state index contributed by atoms with van der Waals surface area (Å²) in [6.45, 7) is 7.66. The van der Waals surface area contributed by atoms with E-state index in [1.54, 1.807) is 12.2 Å². The summed E-state index contributed by atoms with van der Waals surface area (Å²) in [5.74, 6) is 0.681. The predicted octanol–water partition coefficient (Wildman–Crippen LogP) is 6.33. The molecule has 0 fully saturated rings. The molecule has 0 unspecified atom stereocenters. The predicted molar refractivity (Wildman–Crippen MR) is 109 cm³/mol. The van der Waals surface area contributed by atoms with Crippen molar-refractivity contribution in [2.24, 2.45) is 0 Å². The monoisotopic (exact) mass is 388 g/mol. The fourth-order valence-corrected chi connectivity index (χ4v) is 2.73. The summed E-state index contributed by atoms with van der Waals surface area (Å²) in [7, 11) is 0. The molecule has 0 N–H and O–H groups in total. The topological polar surface area (TPSA) is 25.8 Å². The SMILES string of the molecule is C=C/C=C(\C=C)c1cc(-c2ccccc2)nc(-c2ccc(Br)cc2)n1. The van der Waals surface area contributed by atoms with E-state index in [0.717, 1.165) is 32.6 Å². The van der Waals surface area contributed by atoms with Gasteiger partial charge in [-0.05, 0) is 23.8 Å². The van der Waals surface area contributed by atoms with Gasteiger partial charge in [0.25, 0.3) is 0 Å². The second kappa shape index (κ2) is 7.86. The van der Waals surface area contributed by atoms with Crippen LogP contribution in [0.2, 0.25) is 0 Å². The molecule has 0 amide bonds. The van der Waals surface area contributed by atoms with Crippen LogP contribution in [0.1, 0.15) is 5.69 Å². The Morgan fingerprint density at radius 2 is 1.60 bits per heavy atom. The lowest BCUT2D eigenvalue weighted by Crippen LogP contribution is -1.97. The van der Waals surface area contributed by atoms with Crippen LogP contribution >= 0.6 is 15.9 Å². The van der Waals surface area contributed by atoms with E-state index in [9.17, 15) is 0 Å². The second-order valence-electron chi connectivity index (χ2n) is 5.40. The van der Waals surface area contributed by atoms with E-state index < -0.39 is 0 Å². The summed E-state index contributed by atoms with van der Waals surface area (Å²) in [4.78, 5) is 9.50. The van der Waals surface area contributed by atoms with Gasteiger partial charge in [0.1, 0.15) is 0 Å². The molecule has 3 aromatic rings. The van der Waals surface area contributed by atoms with Crippen molar-refractivity contribution in [2.45, 2.75) is 0 Å². The number of aromatic nitrogens is 2. The van der Waals surface area contributed by atoms with E-state index in [2.05, 4.69) is 29.1 Å². The van der Waals surface area contributed by atoms with Crippen molar-refractivity contribution in [3.63, 3.8) is 0 Å². The first kappa shape index (κ1) is 17.1. The lowest BCUT2D eigenvalue weighted by molar-refractivity contribution is 1.16. The van der Waals surface area contributed by atoms with Gasteiger partial charge in [-0.2, -0.15) is 0 Å². The Kier molecular flexibility index (Phi) is 5.36. The molecule has 0 aliphatic carbocycles. The molecule has 3 rings (SSSR count). The van der Waals surface area contributed by atoms with Gasteiger partial charge in [0.15, 0.2) is 5.82 Å². The van der Waals surface area contributed by atoms with E-state index in [0.29, 0.717) is 5.82 Å². The lowest BCUT2D eigenvalue weighted by Gasteiger charge is -2.09. The molecule has 0 saturated heterocycles. The van der Waals surface area contributed by atoms with Gasteiger partial charge in [0, 0.05) is 15.6 Å². The highest BCUT2D eigenvalue weighted by Gasteiger charge is 2.10.